The predicted octanol–water partition coefficient (Wildman–Crippen LogP) is -4.82. The molecular weight excluding hydrogens is 191 g/mol. The van der Waals surface area contributed by atoms with Gasteiger partial charge in [-0.2, -0.15) is 0 Å². The van der Waals surface area contributed by atoms with Gasteiger partial charge in [0.2, 0.25) is 0 Å². The molecule has 0 amide bonds. The quantitative estimate of drug-likeness (QED) is 0.194. The minimum atomic E-state index is -4.61. The van der Waals surface area contributed by atoms with E-state index in [9.17, 15) is 0 Å². The van der Waals surface area contributed by atoms with Crippen LogP contribution in [-0.2, 0) is 0 Å². The summed E-state index contributed by atoms with van der Waals surface area (Å²) >= 11 is 0. The van der Waals surface area contributed by atoms with Crippen molar-refractivity contribution in [3.05, 3.63) is 0 Å². The van der Waals surface area contributed by atoms with E-state index in [-0.39, 0.29) is 40.6 Å². The normalized spacial score (nSPS) is 8.70. The van der Waals surface area contributed by atoms with Gasteiger partial charge in [-0.3, -0.25) is 0 Å². The summed E-state index contributed by atoms with van der Waals surface area (Å²) in [5.41, 5.74) is 0. The molecule has 0 spiro atoms. The molecule has 10 heavy (non-hydrogen) atoms. The van der Waals surface area contributed by atoms with Gasteiger partial charge in [0.05, 0.1) is 0 Å². The van der Waals surface area contributed by atoms with Crippen LogP contribution in [0.25, 0.3) is 0 Å². The van der Waals surface area contributed by atoms with E-state index in [0.717, 1.165) is 0 Å². The molecule has 7 N–H and O–H groups in total. The van der Waals surface area contributed by atoms with Gasteiger partial charge < -0.3 is 37.1 Å². The molecule has 0 saturated carbocycles. The Kier molecular flexibility index (Phi) is 14.5. The van der Waals surface area contributed by atoms with Gasteiger partial charge in [0.25, 0.3) is 0 Å². The Hall–Kier alpha value is 1.26. The second-order valence-electron chi connectivity index (χ2n) is 0.946. The van der Waals surface area contributed by atoms with Crippen molar-refractivity contribution in [3.63, 3.8) is 0 Å². The second kappa shape index (κ2) is 8.36. The molecule has 0 heterocycles. The average molecular weight is 200 g/mol. The molecule has 0 rings (SSSR count). The van der Waals surface area contributed by atoms with Gasteiger partial charge in [0.1, 0.15) is 0 Å². The minimum Gasteiger partial charge on any atom is -1.00 e. The molecule has 0 fully saturated rings. The first-order valence-corrected chi connectivity index (χ1v) is 3.46. The molecule has 7 nitrogen and oxygen atoms in total. The number of rotatable bonds is 0. The van der Waals surface area contributed by atoms with Crippen LogP contribution in [0.3, 0.4) is 0 Å². The molecule has 0 atom stereocenters. The summed E-state index contributed by atoms with van der Waals surface area (Å²) in [4.78, 5) is 29.3. The maximum absolute atomic E-state index is 7.33. The molecule has 0 bridgehead atoms. The van der Waals surface area contributed by atoms with E-state index in [0.29, 0.717) is 0 Å². The van der Waals surface area contributed by atoms with Crippen LogP contribution in [0, 0.1) is 0 Å². The Balaban J connectivity index is -0.0000000221. The Bertz CT molecular complexity index is 58.2. The van der Waals surface area contributed by atoms with Crippen molar-refractivity contribution < 1.29 is 37.1 Å². The average Bonchev–Trinajstić information content (AvgIpc) is 1.19. The molecule has 0 aromatic heterocycles. The van der Waals surface area contributed by atoms with E-state index in [4.69, 9.17) is 34.3 Å². The van der Waals surface area contributed by atoms with Gasteiger partial charge in [-0.05, 0) is 0 Å². The summed E-state index contributed by atoms with van der Waals surface area (Å²) in [6.07, 6.45) is 0. The molecule has 0 aliphatic rings. The van der Waals surface area contributed by atoms with E-state index in [1.165, 1.54) is 0 Å². The maximum atomic E-state index is 7.33. The summed E-state index contributed by atoms with van der Waals surface area (Å²) in [5, 5.41) is 21.5. The fraction of sp³-hybridized carbons (Fsp3) is 0. The summed E-state index contributed by atoms with van der Waals surface area (Å²) in [6, 6.07) is 0. The van der Waals surface area contributed by atoms with Gasteiger partial charge in [0.15, 0.2) is 0 Å². The van der Waals surface area contributed by atoms with E-state index in [2.05, 4.69) is 0 Å². The molecular formula is H9BCaO7Si. The molecule has 0 saturated heterocycles. The van der Waals surface area contributed by atoms with Gasteiger partial charge in [-0.15, -0.1) is 0 Å². The molecule has 0 aliphatic heterocycles. The van der Waals surface area contributed by atoms with E-state index < -0.39 is 16.4 Å². The Morgan fingerprint density at radius 2 is 0.900 bits per heavy atom. The molecule has 60 valence electrons. The van der Waals surface area contributed by atoms with Crippen LogP contribution in [0.1, 0.15) is 2.85 Å². The van der Waals surface area contributed by atoms with Gasteiger partial charge >= 0.3 is 54.1 Å². The largest absolute Gasteiger partial charge is 2.00 e. The van der Waals surface area contributed by atoms with E-state index in [1.54, 1.807) is 0 Å². The first-order valence-electron chi connectivity index (χ1n) is 1.67. The predicted molar refractivity (Wildman–Crippen MR) is 35.0 cm³/mol. The molecule has 0 aromatic rings. The second-order valence-corrected chi connectivity index (χ2v) is 2.15. The maximum Gasteiger partial charge on any atom is 2.00 e. The summed E-state index contributed by atoms with van der Waals surface area (Å²) in [7, 11) is -6.78. The third-order valence-corrected chi connectivity index (χ3v) is 0. The summed E-state index contributed by atoms with van der Waals surface area (Å²) in [6.45, 7) is 0. The molecule has 0 radical (unpaired) electrons. The van der Waals surface area contributed by atoms with Crippen molar-refractivity contribution in [1.82, 2.24) is 0 Å². The van der Waals surface area contributed by atoms with Crippen molar-refractivity contribution in [1.29, 1.82) is 0 Å². The molecule has 0 unspecified atom stereocenters. The van der Waals surface area contributed by atoms with Crippen LogP contribution in [-0.4, -0.2) is 88.4 Å². The van der Waals surface area contributed by atoms with Crippen molar-refractivity contribution >= 4 is 54.1 Å². The SMILES string of the molecule is OB(O)O.O[Si](O)(O)O.[Ca+2].[H-].[H-]. The van der Waals surface area contributed by atoms with Crippen molar-refractivity contribution in [2.45, 2.75) is 0 Å². The first kappa shape index (κ1) is 17.4. The summed E-state index contributed by atoms with van der Waals surface area (Å²) in [5.74, 6) is 0. The van der Waals surface area contributed by atoms with Crippen molar-refractivity contribution in [2.24, 2.45) is 0 Å². The van der Waals surface area contributed by atoms with Crippen LogP contribution >= 0.6 is 0 Å². The topological polar surface area (TPSA) is 142 Å². The third-order valence-electron chi connectivity index (χ3n) is 0. The Morgan fingerprint density at radius 3 is 0.900 bits per heavy atom. The van der Waals surface area contributed by atoms with Gasteiger partial charge in [-0.25, -0.2) is 0 Å². The van der Waals surface area contributed by atoms with Crippen LogP contribution < -0.4 is 0 Å². The number of hydrogen-bond acceptors (Lipinski definition) is 7. The zero-order chi connectivity index (χ0) is 8.08. The Morgan fingerprint density at radius 1 is 0.900 bits per heavy atom. The van der Waals surface area contributed by atoms with Crippen LogP contribution in [0.2, 0.25) is 0 Å². The van der Waals surface area contributed by atoms with Gasteiger partial charge in [-0.1, -0.05) is 0 Å². The third kappa shape index (κ3) is 397. The molecule has 0 aliphatic carbocycles. The van der Waals surface area contributed by atoms with E-state index in [1.807, 2.05) is 0 Å². The zero-order valence-corrected chi connectivity index (χ0v) is 8.12. The first-order chi connectivity index (χ1) is 3.73. The fourth-order valence-electron chi connectivity index (χ4n) is 0. The van der Waals surface area contributed by atoms with Crippen molar-refractivity contribution in [3.8, 4) is 0 Å². The molecule has 10 heteroatoms. The van der Waals surface area contributed by atoms with Crippen molar-refractivity contribution in [2.75, 3.05) is 0 Å². The van der Waals surface area contributed by atoms with Crippen LogP contribution in [0.15, 0.2) is 0 Å². The monoisotopic (exact) mass is 200 g/mol. The van der Waals surface area contributed by atoms with Gasteiger partial charge in [0, 0.05) is 0 Å². The Labute approximate surface area is 90.8 Å². The minimum absolute atomic E-state index is 0. The van der Waals surface area contributed by atoms with E-state index >= 15 is 0 Å². The smallest absolute Gasteiger partial charge is 1.00 e. The van der Waals surface area contributed by atoms with Crippen LogP contribution in [0.4, 0.5) is 0 Å². The number of hydrogen-bond donors (Lipinski definition) is 7. The zero-order valence-electron chi connectivity index (χ0n) is 6.91. The molecule has 0 aromatic carbocycles. The van der Waals surface area contributed by atoms with Crippen LogP contribution in [0.5, 0.6) is 0 Å². The standard InChI is InChI=1S/BH3O3.Ca.H4O4Si.2H/c2-1(3)4;;1-5(2,3)4;;/h2-4H;;1-4H;;/q;+2;;2*-1. The summed E-state index contributed by atoms with van der Waals surface area (Å²) < 4.78 is 0. The fourth-order valence-corrected chi connectivity index (χ4v) is 0.